The molecule has 0 unspecified atom stereocenters. The quantitative estimate of drug-likeness (QED) is 0.813. The van der Waals surface area contributed by atoms with Gasteiger partial charge in [-0.1, -0.05) is 24.3 Å². The number of nitrogens with zero attached hydrogens (tertiary/aromatic N) is 2. The Balaban J connectivity index is 1.54. The van der Waals surface area contributed by atoms with Crippen molar-refractivity contribution in [1.29, 1.82) is 0 Å². The van der Waals surface area contributed by atoms with Gasteiger partial charge in [-0.3, -0.25) is 4.79 Å². The van der Waals surface area contributed by atoms with Crippen LogP contribution in [0.15, 0.2) is 53.3 Å². The summed E-state index contributed by atoms with van der Waals surface area (Å²) < 4.78 is 7.31. The lowest BCUT2D eigenvalue weighted by Gasteiger charge is -2.42. The van der Waals surface area contributed by atoms with Gasteiger partial charge in [0.2, 0.25) is 0 Å². The number of fused-ring (bicyclic) bond motifs is 4. The summed E-state index contributed by atoms with van der Waals surface area (Å²) in [5, 5.41) is 0. The molecule has 3 heterocycles. The van der Waals surface area contributed by atoms with Crippen LogP contribution in [0.25, 0.3) is 0 Å². The molecule has 0 N–H and O–H groups in total. The van der Waals surface area contributed by atoms with Gasteiger partial charge in [0, 0.05) is 37.3 Å². The third-order valence-corrected chi connectivity index (χ3v) is 4.69. The second-order valence-corrected chi connectivity index (χ2v) is 6.28. The van der Waals surface area contributed by atoms with E-state index in [-0.39, 0.29) is 17.6 Å². The summed E-state index contributed by atoms with van der Waals surface area (Å²) in [4.78, 5) is 26.2. The lowest BCUT2D eigenvalue weighted by Crippen LogP contribution is -2.49. The number of amides is 1. The molecular weight excluding hydrogens is 292 g/mol. The fourth-order valence-electron chi connectivity index (χ4n) is 3.70. The lowest BCUT2D eigenvalue weighted by molar-refractivity contribution is 0.102. The van der Waals surface area contributed by atoms with Crippen molar-refractivity contribution in [1.82, 2.24) is 9.47 Å². The zero-order valence-corrected chi connectivity index (χ0v) is 12.7. The van der Waals surface area contributed by atoms with Crippen molar-refractivity contribution >= 4 is 6.09 Å². The average molecular weight is 310 g/mol. The van der Waals surface area contributed by atoms with Crippen LogP contribution in [0.5, 0.6) is 5.75 Å². The van der Waals surface area contributed by atoms with Gasteiger partial charge in [0.15, 0.2) is 0 Å². The number of piperidine rings is 1. The van der Waals surface area contributed by atoms with Gasteiger partial charge in [-0.25, -0.2) is 4.79 Å². The molecule has 1 fully saturated rings. The number of likely N-dealkylation sites (tertiary alicyclic amines) is 1. The average Bonchev–Trinajstić information content (AvgIpc) is 2.57. The predicted octanol–water partition coefficient (Wildman–Crippen LogP) is 2.47. The van der Waals surface area contributed by atoms with Crippen molar-refractivity contribution in [3.8, 4) is 5.75 Å². The van der Waals surface area contributed by atoms with Gasteiger partial charge in [-0.2, -0.15) is 0 Å². The van der Waals surface area contributed by atoms with Crippen LogP contribution in [0.2, 0.25) is 0 Å². The van der Waals surface area contributed by atoms with Gasteiger partial charge in [0.1, 0.15) is 5.75 Å². The van der Waals surface area contributed by atoms with E-state index in [0.29, 0.717) is 31.3 Å². The van der Waals surface area contributed by atoms with Crippen LogP contribution >= 0.6 is 0 Å². The molecule has 2 atom stereocenters. The van der Waals surface area contributed by atoms with Crippen LogP contribution in [-0.4, -0.2) is 28.6 Å². The number of rotatable bonds is 1. The first kappa shape index (κ1) is 14.1. The van der Waals surface area contributed by atoms with Gasteiger partial charge < -0.3 is 14.2 Å². The highest BCUT2D eigenvalue weighted by atomic mass is 16.6. The monoisotopic (exact) mass is 310 g/mol. The summed E-state index contributed by atoms with van der Waals surface area (Å²) >= 11 is 0. The molecule has 23 heavy (non-hydrogen) atoms. The van der Waals surface area contributed by atoms with E-state index in [1.54, 1.807) is 29.2 Å². The maximum atomic E-state index is 12.4. The van der Waals surface area contributed by atoms with E-state index in [0.717, 1.165) is 12.1 Å². The molecule has 1 amide bonds. The molecule has 5 nitrogen and oxygen atoms in total. The van der Waals surface area contributed by atoms with E-state index in [2.05, 4.69) is 0 Å². The van der Waals surface area contributed by atoms with Gasteiger partial charge in [-0.15, -0.1) is 0 Å². The van der Waals surface area contributed by atoms with Crippen molar-refractivity contribution < 1.29 is 9.53 Å². The Kier molecular flexibility index (Phi) is 3.41. The molecule has 1 saturated heterocycles. The number of pyridine rings is 1. The van der Waals surface area contributed by atoms with E-state index < -0.39 is 0 Å². The van der Waals surface area contributed by atoms with E-state index >= 15 is 0 Å². The maximum absolute atomic E-state index is 12.4. The maximum Gasteiger partial charge on any atom is 0.415 e. The van der Waals surface area contributed by atoms with Crippen molar-refractivity contribution in [2.75, 3.05) is 13.1 Å². The summed E-state index contributed by atoms with van der Waals surface area (Å²) in [7, 11) is 0. The summed E-state index contributed by atoms with van der Waals surface area (Å²) in [6.45, 7) is 1.93. The lowest BCUT2D eigenvalue weighted by atomic mass is 9.83. The van der Waals surface area contributed by atoms with Crippen LogP contribution in [-0.2, 0) is 6.54 Å². The Morgan fingerprint density at radius 3 is 2.65 bits per heavy atom. The number of aromatic nitrogens is 1. The molecule has 0 spiro atoms. The first-order chi connectivity index (χ1) is 11.2. The number of carbonyl (C=O) groups excluding carboxylic acids is 1. The molecule has 0 saturated carbocycles. The Hall–Kier alpha value is -2.56. The molecule has 2 aromatic rings. The second kappa shape index (κ2) is 5.57. The summed E-state index contributed by atoms with van der Waals surface area (Å²) in [6.07, 6.45) is 0.719. The van der Waals surface area contributed by atoms with Crippen molar-refractivity contribution in [2.24, 2.45) is 5.92 Å². The van der Waals surface area contributed by atoms with Crippen molar-refractivity contribution in [3.63, 3.8) is 0 Å². The van der Waals surface area contributed by atoms with Gasteiger partial charge in [0.05, 0.1) is 0 Å². The molecule has 2 aliphatic heterocycles. The normalized spacial score (nSPS) is 22.3. The summed E-state index contributed by atoms with van der Waals surface area (Å²) in [5.41, 5.74) is 1.09. The molecule has 118 valence electrons. The molecule has 5 heteroatoms. The van der Waals surface area contributed by atoms with Crippen LogP contribution in [0.4, 0.5) is 4.79 Å². The summed E-state index contributed by atoms with van der Waals surface area (Å²) in [6, 6.07) is 14.5. The third kappa shape index (κ3) is 2.63. The predicted molar refractivity (Wildman–Crippen MR) is 85.6 cm³/mol. The molecule has 0 radical (unpaired) electrons. The highest BCUT2D eigenvalue weighted by molar-refractivity contribution is 5.71. The Morgan fingerprint density at radius 1 is 1.00 bits per heavy atom. The molecule has 4 rings (SSSR count). The minimum Gasteiger partial charge on any atom is -0.410 e. The molecule has 1 aromatic carbocycles. The Labute approximate surface area is 134 Å². The number of carbonyl (C=O) groups is 1. The van der Waals surface area contributed by atoms with Crippen LogP contribution in [0.3, 0.4) is 0 Å². The molecule has 1 aromatic heterocycles. The number of benzene rings is 1. The van der Waals surface area contributed by atoms with Crippen molar-refractivity contribution in [3.05, 3.63) is 64.6 Å². The first-order valence-electron chi connectivity index (χ1n) is 7.92. The van der Waals surface area contributed by atoms with Crippen LogP contribution < -0.4 is 10.3 Å². The fourth-order valence-corrected chi connectivity index (χ4v) is 3.70. The van der Waals surface area contributed by atoms with Gasteiger partial charge in [0.25, 0.3) is 5.56 Å². The molecule has 2 bridgehead atoms. The second-order valence-electron chi connectivity index (χ2n) is 6.28. The third-order valence-electron chi connectivity index (χ3n) is 4.69. The molecule has 2 aliphatic rings. The highest BCUT2D eigenvalue weighted by Gasteiger charge is 2.36. The number of hydrogen-bond acceptors (Lipinski definition) is 3. The number of hydrogen-bond donors (Lipinski definition) is 0. The van der Waals surface area contributed by atoms with E-state index in [4.69, 9.17) is 4.74 Å². The number of para-hydroxylation sites is 1. The standard InChI is InChI=1S/C18H18N2O3/c21-17-8-4-7-16-14-9-13(11-20(16)17)10-19(12-14)18(22)23-15-5-2-1-3-6-15/h1-8,13-14H,9-12H2/t13-,14-/m1/s1. The Bertz CT molecular complexity index is 784. The first-order valence-corrected chi connectivity index (χ1v) is 7.92. The minimum absolute atomic E-state index is 0.0533. The zero-order chi connectivity index (χ0) is 15.8. The molecule has 0 aliphatic carbocycles. The van der Waals surface area contributed by atoms with Crippen molar-refractivity contribution in [2.45, 2.75) is 18.9 Å². The zero-order valence-electron chi connectivity index (χ0n) is 12.7. The number of ether oxygens (including phenoxy) is 1. The van der Waals surface area contributed by atoms with Crippen LogP contribution in [0, 0.1) is 5.92 Å². The molecular formula is C18H18N2O3. The van der Waals surface area contributed by atoms with Crippen LogP contribution in [0.1, 0.15) is 18.0 Å². The fraction of sp³-hybridized carbons (Fsp3) is 0.333. The van der Waals surface area contributed by atoms with E-state index in [1.807, 2.05) is 28.8 Å². The topological polar surface area (TPSA) is 51.5 Å². The minimum atomic E-state index is -0.308. The van der Waals surface area contributed by atoms with Gasteiger partial charge in [-0.05, 0) is 30.5 Å². The summed E-state index contributed by atoms with van der Waals surface area (Å²) in [5.74, 6) is 1.08. The Morgan fingerprint density at radius 2 is 1.83 bits per heavy atom. The smallest absolute Gasteiger partial charge is 0.410 e. The SMILES string of the molecule is O=C(Oc1ccccc1)N1C[C@H]2C[C@H](C1)c1cccc(=O)n1C2. The van der Waals surface area contributed by atoms with E-state index in [9.17, 15) is 9.59 Å². The van der Waals surface area contributed by atoms with E-state index in [1.165, 1.54) is 0 Å². The highest BCUT2D eigenvalue weighted by Crippen LogP contribution is 2.35. The van der Waals surface area contributed by atoms with Gasteiger partial charge >= 0.3 is 6.09 Å². The largest absolute Gasteiger partial charge is 0.415 e.